The molecule has 3 nitrogen and oxygen atoms in total. The monoisotopic (exact) mass is 343 g/mol. The lowest BCUT2D eigenvalue weighted by atomic mass is 10.1. The topological polar surface area (TPSA) is 29.5 Å². The van der Waals surface area contributed by atoms with E-state index in [1.165, 1.54) is 12.1 Å². The Bertz CT molecular complexity index is 481. The van der Waals surface area contributed by atoms with Crippen LogP contribution in [0.5, 0.6) is 0 Å². The fourth-order valence-corrected chi connectivity index (χ4v) is 2.71. The standard InChI is InChI=1S/C15H19BrFNO2/c1-2-8-20-12-4-3-7-18(10-12)15(19)13-6-5-11(16)9-14(13)17/h5-6,9,12H,2-4,7-8,10H2,1H3. The van der Waals surface area contributed by atoms with Gasteiger partial charge >= 0.3 is 0 Å². The summed E-state index contributed by atoms with van der Waals surface area (Å²) in [5, 5.41) is 0. The first-order chi connectivity index (χ1) is 9.61. The van der Waals surface area contributed by atoms with Crippen LogP contribution in [-0.2, 0) is 4.74 Å². The van der Waals surface area contributed by atoms with Gasteiger partial charge in [-0.1, -0.05) is 22.9 Å². The number of benzene rings is 1. The van der Waals surface area contributed by atoms with Gasteiger partial charge in [0.2, 0.25) is 0 Å². The van der Waals surface area contributed by atoms with Crippen LogP contribution in [0.15, 0.2) is 22.7 Å². The average Bonchev–Trinajstić information content (AvgIpc) is 2.45. The molecule has 2 rings (SSSR count). The Kier molecular flexibility index (Phi) is 5.54. The molecule has 1 heterocycles. The van der Waals surface area contributed by atoms with Crippen molar-refractivity contribution in [3.8, 4) is 0 Å². The zero-order valence-electron chi connectivity index (χ0n) is 11.6. The number of nitrogens with zero attached hydrogens (tertiary/aromatic N) is 1. The highest BCUT2D eigenvalue weighted by Gasteiger charge is 2.26. The fourth-order valence-electron chi connectivity index (χ4n) is 2.38. The molecule has 1 atom stereocenters. The fraction of sp³-hybridized carbons (Fsp3) is 0.533. The van der Waals surface area contributed by atoms with Gasteiger partial charge in [-0.05, 0) is 37.5 Å². The first-order valence-electron chi connectivity index (χ1n) is 6.97. The van der Waals surface area contributed by atoms with Gasteiger partial charge in [-0.3, -0.25) is 4.79 Å². The predicted molar refractivity (Wildman–Crippen MR) is 79.3 cm³/mol. The third-order valence-electron chi connectivity index (χ3n) is 3.38. The van der Waals surface area contributed by atoms with E-state index in [1.807, 2.05) is 0 Å². The highest BCUT2D eigenvalue weighted by molar-refractivity contribution is 9.10. The second-order valence-electron chi connectivity index (χ2n) is 5.01. The summed E-state index contributed by atoms with van der Waals surface area (Å²) in [4.78, 5) is 14.1. The van der Waals surface area contributed by atoms with Crippen LogP contribution in [-0.4, -0.2) is 36.6 Å². The van der Waals surface area contributed by atoms with Crippen molar-refractivity contribution in [1.82, 2.24) is 4.90 Å². The van der Waals surface area contributed by atoms with Crippen molar-refractivity contribution < 1.29 is 13.9 Å². The molecule has 0 bridgehead atoms. The molecule has 0 N–H and O–H groups in total. The van der Waals surface area contributed by atoms with Gasteiger partial charge in [-0.25, -0.2) is 4.39 Å². The van der Waals surface area contributed by atoms with Gasteiger partial charge in [0, 0.05) is 24.2 Å². The number of ether oxygens (including phenoxy) is 1. The van der Waals surface area contributed by atoms with Crippen molar-refractivity contribution in [2.75, 3.05) is 19.7 Å². The van der Waals surface area contributed by atoms with E-state index < -0.39 is 5.82 Å². The third-order valence-corrected chi connectivity index (χ3v) is 3.88. The highest BCUT2D eigenvalue weighted by atomic mass is 79.9. The Morgan fingerprint density at radius 2 is 2.35 bits per heavy atom. The van der Waals surface area contributed by atoms with Gasteiger partial charge in [0.05, 0.1) is 11.7 Å². The van der Waals surface area contributed by atoms with Crippen molar-refractivity contribution in [2.24, 2.45) is 0 Å². The van der Waals surface area contributed by atoms with E-state index in [4.69, 9.17) is 4.74 Å². The molecule has 1 saturated heterocycles. The van der Waals surface area contributed by atoms with Gasteiger partial charge in [0.25, 0.3) is 5.91 Å². The maximum Gasteiger partial charge on any atom is 0.256 e. The number of carbonyl (C=O) groups excluding carboxylic acids is 1. The number of likely N-dealkylation sites (tertiary alicyclic amines) is 1. The van der Waals surface area contributed by atoms with Crippen LogP contribution in [0, 0.1) is 5.82 Å². The molecule has 0 radical (unpaired) electrons. The van der Waals surface area contributed by atoms with E-state index in [9.17, 15) is 9.18 Å². The molecule has 0 saturated carbocycles. The highest BCUT2D eigenvalue weighted by Crippen LogP contribution is 2.20. The van der Waals surface area contributed by atoms with E-state index in [-0.39, 0.29) is 17.6 Å². The minimum atomic E-state index is -0.485. The number of halogens is 2. The SMILES string of the molecule is CCCOC1CCCN(C(=O)c2ccc(Br)cc2F)C1. The van der Waals surface area contributed by atoms with E-state index in [1.54, 1.807) is 11.0 Å². The van der Waals surface area contributed by atoms with Gasteiger partial charge in [-0.15, -0.1) is 0 Å². The van der Waals surface area contributed by atoms with Crippen LogP contribution in [0.2, 0.25) is 0 Å². The van der Waals surface area contributed by atoms with E-state index in [0.717, 1.165) is 19.3 Å². The molecule has 5 heteroatoms. The number of hydrogen-bond acceptors (Lipinski definition) is 2. The van der Waals surface area contributed by atoms with Crippen LogP contribution < -0.4 is 0 Å². The maximum atomic E-state index is 13.8. The van der Waals surface area contributed by atoms with E-state index in [0.29, 0.717) is 24.2 Å². The zero-order chi connectivity index (χ0) is 14.5. The molecule has 0 spiro atoms. The van der Waals surface area contributed by atoms with Crippen LogP contribution in [0.4, 0.5) is 4.39 Å². The van der Waals surface area contributed by atoms with Crippen molar-refractivity contribution >= 4 is 21.8 Å². The first-order valence-corrected chi connectivity index (χ1v) is 7.77. The molecule has 1 unspecified atom stereocenters. The number of carbonyl (C=O) groups is 1. The summed E-state index contributed by atoms with van der Waals surface area (Å²) in [5.41, 5.74) is 0.129. The lowest BCUT2D eigenvalue weighted by Crippen LogP contribution is -2.43. The van der Waals surface area contributed by atoms with Crippen LogP contribution in [0.3, 0.4) is 0 Å². The first kappa shape index (κ1) is 15.4. The second kappa shape index (κ2) is 7.18. The molecule has 1 aromatic rings. The van der Waals surface area contributed by atoms with Crippen molar-refractivity contribution in [2.45, 2.75) is 32.3 Å². The molecule has 1 fully saturated rings. The van der Waals surface area contributed by atoms with Crippen molar-refractivity contribution in [1.29, 1.82) is 0 Å². The predicted octanol–water partition coefficient (Wildman–Crippen LogP) is 3.62. The Labute approximate surface area is 127 Å². The lowest BCUT2D eigenvalue weighted by Gasteiger charge is -2.32. The van der Waals surface area contributed by atoms with Gasteiger partial charge in [-0.2, -0.15) is 0 Å². The number of rotatable bonds is 4. The molecule has 1 aliphatic rings. The van der Waals surface area contributed by atoms with Crippen LogP contribution in [0.25, 0.3) is 0 Å². The summed E-state index contributed by atoms with van der Waals surface area (Å²) < 4.78 is 20.2. The van der Waals surface area contributed by atoms with Gasteiger partial charge < -0.3 is 9.64 Å². The number of hydrogen-bond donors (Lipinski definition) is 0. The lowest BCUT2D eigenvalue weighted by molar-refractivity contribution is 0.00196. The number of piperidine rings is 1. The van der Waals surface area contributed by atoms with E-state index >= 15 is 0 Å². The quantitative estimate of drug-likeness (QED) is 0.835. The Balaban J connectivity index is 2.04. The molecule has 1 aromatic carbocycles. The van der Waals surface area contributed by atoms with Gasteiger partial charge in [0.1, 0.15) is 5.82 Å². The summed E-state index contributed by atoms with van der Waals surface area (Å²) in [7, 11) is 0. The molecular formula is C15H19BrFNO2. The zero-order valence-corrected chi connectivity index (χ0v) is 13.2. The largest absolute Gasteiger partial charge is 0.376 e. The summed E-state index contributed by atoms with van der Waals surface area (Å²) in [6.07, 6.45) is 2.91. The smallest absolute Gasteiger partial charge is 0.256 e. The molecule has 110 valence electrons. The number of amides is 1. The second-order valence-corrected chi connectivity index (χ2v) is 5.93. The average molecular weight is 344 g/mol. The summed E-state index contributed by atoms with van der Waals surface area (Å²) in [6.45, 7) is 3.98. The summed E-state index contributed by atoms with van der Waals surface area (Å²) >= 11 is 3.19. The molecule has 20 heavy (non-hydrogen) atoms. The van der Waals surface area contributed by atoms with Crippen LogP contribution in [0.1, 0.15) is 36.5 Å². The maximum absolute atomic E-state index is 13.8. The van der Waals surface area contributed by atoms with Gasteiger partial charge in [0.15, 0.2) is 0 Å². The van der Waals surface area contributed by atoms with Crippen molar-refractivity contribution in [3.05, 3.63) is 34.1 Å². The molecule has 1 aliphatic heterocycles. The van der Waals surface area contributed by atoms with Crippen LogP contribution >= 0.6 is 15.9 Å². The summed E-state index contributed by atoms with van der Waals surface area (Å²) in [5.74, 6) is -0.735. The Hall–Kier alpha value is -0.940. The van der Waals surface area contributed by atoms with Crippen molar-refractivity contribution in [3.63, 3.8) is 0 Å². The third kappa shape index (κ3) is 3.79. The Morgan fingerprint density at radius 1 is 1.55 bits per heavy atom. The minimum Gasteiger partial charge on any atom is -0.376 e. The van der Waals surface area contributed by atoms with E-state index in [2.05, 4.69) is 22.9 Å². The molecular weight excluding hydrogens is 325 g/mol. The molecule has 0 aliphatic carbocycles. The molecule has 1 amide bonds. The Morgan fingerprint density at radius 3 is 3.05 bits per heavy atom. The minimum absolute atomic E-state index is 0.0751. The molecule has 0 aromatic heterocycles. The normalized spacial score (nSPS) is 19.1. The summed E-state index contributed by atoms with van der Waals surface area (Å²) in [6, 6.07) is 4.53.